The largest absolute Gasteiger partial charge is 0.323 e. The van der Waals surface area contributed by atoms with Crippen LogP contribution >= 0.6 is 0 Å². The van der Waals surface area contributed by atoms with Crippen LogP contribution in [0.25, 0.3) is 11.0 Å². The quantitative estimate of drug-likeness (QED) is 0.691. The molecule has 0 radical (unpaired) electrons. The number of hydrogen-bond acceptors (Lipinski definition) is 3. The van der Waals surface area contributed by atoms with Crippen molar-refractivity contribution in [2.45, 2.75) is 18.7 Å². The van der Waals surface area contributed by atoms with Gasteiger partial charge < -0.3 is 9.97 Å². The zero-order valence-electron chi connectivity index (χ0n) is 12.1. The van der Waals surface area contributed by atoms with Gasteiger partial charge in [-0.05, 0) is 43.7 Å². The monoisotopic (exact) mass is 317 g/mol. The summed E-state index contributed by atoms with van der Waals surface area (Å²) in [6.07, 6.45) is 0. The summed E-state index contributed by atoms with van der Waals surface area (Å²) >= 11 is 0. The van der Waals surface area contributed by atoms with Gasteiger partial charge in [-0.15, -0.1) is 0 Å². The zero-order valence-corrected chi connectivity index (χ0v) is 12.9. The van der Waals surface area contributed by atoms with Gasteiger partial charge in [0.25, 0.3) is 10.0 Å². The van der Waals surface area contributed by atoms with Crippen LogP contribution < -0.4 is 10.4 Å². The fraction of sp³-hybridized carbons (Fsp3) is 0.133. The SMILES string of the molecule is Cc1ccc(NS(=O)(=O)c2cc3[nH]c(=O)[nH]c3cc2C)cc1. The highest BCUT2D eigenvalue weighted by Gasteiger charge is 2.18. The Morgan fingerprint density at radius 1 is 0.955 bits per heavy atom. The van der Waals surface area contributed by atoms with Crippen LogP contribution in [0, 0.1) is 13.8 Å². The van der Waals surface area contributed by atoms with Crippen LogP contribution in [-0.4, -0.2) is 18.4 Å². The minimum Gasteiger partial charge on any atom is -0.306 e. The van der Waals surface area contributed by atoms with E-state index < -0.39 is 10.0 Å². The van der Waals surface area contributed by atoms with Crippen molar-refractivity contribution >= 4 is 26.7 Å². The number of imidazole rings is 1. The summed E-state index contributed by atoms with van der Waals surface area (Å²) in [4.78, 5) is 16.6. The number of aromatic nitrogens is 2. The second kappa shape index (κ2) is 5.03. The first-order valence-corrected chi connectivity index (χ1v) is 8.15. The van der Waals surface area contributed by atoms with Gasteiger partial charge in [0, 0.05) is 5.69 Å². The molecular formula is C15H15N3O3S. The van der Waals surface area contributed by atoms with E-state index >= 15 is 0 Å². The average Bonchev–Trinajstić information content (AvgIpc) is 2.79. The number of nitrogens with one attached hydrogen (secondary N) is 3. The molecule has 0 amide bonds. The summed E-state index contributed by atoms with van der Waals surface area (Å²) in [5.74, 6) is 0. The molecule has 0 aliphatic rings. The van der Waals surface area contributed by atoms with Crippen molar-refractivity contribution in [1.82, 2.24) is 9.97 Å². The number of anilines is 1. The minimum absolute atomic E-state index is 0.135. The van der Waals surface area contributed by atoms with Crippen LogP contribution in [-0.2, 0) is 10.0 Å². The van der Waals surface area contributed by atoms with E-state index in [9.17, 15) is 13.2 Å². The molecule has 2 aromatic carbocycles. The van der Waals surface area contributed by atoms with Gasteiger partial charge in [0.15, 0.2) is 0 Å². The second-order valence-electron chi connectivity index (χ2n) is 5.21. The van der Waals surface area contributed by atoms with Crippen LogP contribution in [0.1, 0.15) is 11.1 Å². The number of aryl methyl sites for hydroxylation is 2. The summed E-state index contributed by atoms with van der Waals surface area (Å²) in [5, 5.41) is 0. The molecule has 0 saturated carbocycles. The molecular weight excluding hydrogens is 302 g/mol. The Morgan fingerprint density at radius 2 is 1.55 bits per heavy atom. The van der Waals surface area contributed by atoms with Gasteiger partial charge in [0.2, 0.25) is 0 Å². The number of H-pyrrole nitrogens is 2. The van der Waals surface area contributed by atoms with Gasteiger partial charge in [-0.25, -0.2) is 13.2 Å². The molecule has 0 unspecified atom stereocenters. The average molecular weight is 317 g/mol. The first-order valence-electron chi connectivity index (χ1n) is 6.67. The Hall–Kier alpha value is -2.54. The van der Waals surface area contributed by atoms with E-state index in [0.29, 0.717) is 22.3 Å². The van der Waals surface area contributed by atoms with Crippen molar-refractivity contribution in [3.05, 3.63) is 58.0 Å². The van der Waals surface area contributed by atoms with E-state index in [-0.39, 0.29) is 10.6 Å². The normalized spacial score (nSPS) is 11.7. The highest BCUT2D eigenvalue weighted by atomic mass is 32.2. The summed E-state index contributed by atoms with van der Waals surface area (Å²) in [6, 6.07) is 10.2. The number of sulfonamides is 1. The highest BCUT2D eigenvalue weighted by Crippen LogP contribution is 2.23. The fourth-order valence-corrected chi connectivity index (χ4v) is 3.60. The smallest absolute Gasteiger partial charge is 0.306 e. The zero-order chi connectivity index (χ0) is 15.9. The Morgan fingerprint density at radius 3 is 2.18 bits per heavy atom. The van der Waals surface area contributed by atoms with E-state index in [0.717, 1.165) is 5.56 Å². The predicted octanol–water partition coefficient (Wildman–Crippen LogP) is 2.27. The Balaban J connectivity index is 2.06. The number of hydrogen-bond donors (Lipinski definition) is 3. The summed E-state index contributed by atoms with van der Waals surface area (Å²) in [6.45, 7) is 3.62. The molecule has 6 nitrogen and oxygen atoms in total. The van der Waals surface area contributed by atoms with E-state index in [1.54, 1.807) is 25.1 Å². The summed E-state index contributed by atoms with van der Waals surface area (Å²) in [7, 11) is -3.72. The molecule has 0 aliphatic heterocycles. The number of aromatic amines is 2. The molecule has 0 atom stereocenters. The second-order valence-corrected chi connectivity index (χ2v) is 6.86. The maximum absolute atomic E-state index is 12.5. The molecule has 7 heteroatoms. The molecule has 3 rings (SSSR count). The minimum atomic E-state index is -3.72. The van der Waals surface area contributed by atoms with Gasteiger partial charge in [0.05, 0.1) is 15.9 Å². The molecule has 0 bridgehead atoms. The Bertz CT molecular complexity index is 999. The molecule has 1 heterocycles. The van der Waals surface area contributed by atoms with Gasteiger partial charge in [-0.3, -0.25) is 4.72 Å². The Kier molecular flexibility index (Phi) is 3.29. The Labute approximate surface area is 127 Å². The molecule has 3 aromatic rings. The van der Waals surface area contributed by atoms with Crippen molar-refractivity contribution < 1.29 is 8.42 Å². The molecule has 1 aromatic heterocycles. The molecule has 0 aliphatic carbocycles. The van der Waals surface area contributed by atoms with Crippen molar-refractivity contribution in [3.63, 3.8) is 0 Å². The number of fused-ring (bicyclic) bond motifs is 1. The van der Waals surface area contributed by atoms with E-state index in [1.165, 1.54) is 6.07 Å². The fourth-order valence-electron chi connectivity index (χ4n) is 2.29. The molecule has 0 spiro atoms. The van der Waals surface area contributed by atoms with Gasteiger partial charge >= 0.3 is 5.69 Å². The first-order chi connectivity index (χ1) is 10.3. The van der Waals surface area contributed by atoms with Crippen LogP contribution in [0.15, 0.2) is 46.1 Å². The van der Waals surface area contributed by atoms with E-state index in [1.807, 2.05) is 19.1 Å². The molecule has 0 fully saturated rings. The standard InChI is InChI=1S/C15H15N3O3S/c1-9-3-5-11(6-4-9)18-22(20,21)14-8-13-12(7-10(14)2)16-15(19)17-13/h3-8,18H,1-2H3,(H2,16,17,19). The van der Waals surface area contributed by atoms with Gasteiger partial charge in [-0.1, -0.05) is 17.7 Å². The lowest BCUT2D eigenvalue weighted by Gasteiger charge is -2.10. The topological polar surface area (TPSA) is 94.8 Å². The van der Waals surface area contributed by atoms with Gasteiger partial charge in [-0.2, -0.15) is 0 Å². The first kappa shape index (κ1) is 14.4. The maximum Gasteiger partial charge on any atom is 0.323 e. The van der Waals surface area contributed by atoms with Crippen molar-refractivity contribution in [1.29, 1.82) is 0 Å². The van der Waals surface area contributed by atoms with Crippen LogP contribution in [0.5, 0.6) is 0 Å². The molecule has 114 valence electrons. The summed E-state index contributed by atoms with van der Waals surface area (Å²) in [5.41, 5.74) is 2.77. The van der Waals surface area contributed by atoms with E-state index in [2.05, 4.69) is 14.7 Å². The lowest BCUT2D eigenvalue weighted by molar-refractivity contribution is 0.600. The van der Waals surface area contributed by atoms with E-state index in [4.69, 9.17) is 0 Å². The lowest BCUT2D eigenvalue weighted by Crippen LogP contribution is -2.14. The van der Waals surface area contributed by atoms with Crippen LogP contribution in [0.2, 0.25) is 0 Å². The highest BCUT2D eigenvalue weighted by molar-refractivity contribution is 7.92. The maximum atomic E-state index is 12.5. The van der Waals surface area contributed by atoms with Crippen LogP contribution in [0.3, 0.4) is 0 Å². The third kappa shape index (κ3) is 2.62. The van der Waals surface area contributed by atoms with Crippen LogP contribution in [0.4, 0.5) is 5.69 Å². The van der Waals surface area contributed by atoms with Crippen molar-refractivity contribution in [2.24, 2.45) is 0 Å². The third-order valence-corrected chi connectivity index (χ3v) is 4.93. The molecule has 0 saturated heterocycles. The molecule has 3 N–H and O–H groups in total. The number of rotatable bonds is 3. The van der Waals surface area contributed by atoms with Crippen molar-refractivity contribution in [2.75, 3.05) is 4.72 Å². The van der Waals surface area contributed by atoms with Gasteiger partial charge in [0.1, 0.15) is 0 Å². The predicted molar refractivity (Wildman–Crippen MR) is 85.6 cm³/mol. The van der Waals surface area contributed by atoms with Crippen molar-refractivity contribution in [3.8, 4) is 0 Å². The third-order valence-electron chi connectivity index (χ3n) is 3.40. The number of benzene rings is 2. The summed E-state index contributed by atoms with van der Waals surface area (Å²) < 4.78 is 27.6. The lowest BCUT2D eigenvalue weighted by atomic mass is 10.2. The molecule has 22 heavy (non-hydrogen) atoms.